The van der Waals surface area contributed by atoms with Crippen LogP contribution in [0.2, 0.25) is 0 Å². The van der Waals surface area contributed by atoms with Gasteiger partial charge < -0.3 is 13.9 Å². The van der Waals surface area contributed by atoms with E-state index in [0.29, 0.717) is 6.61 Å². The molecular formula is C23H18N4O2. The topological polar surface area (TPSA) is 64.4 Å². The average molecular weight is 382 g/mol. The fourth-order valence-electron chi connectivity index (χ4n) is 3.07. The summed E-state index contributed by atoms with van der Waals surface area (Å²) in [7, 11) is 0. The molecule has 6 heteroatoms. The molecule has 0 fully saturated rings. The molecule has 0 saturated carbocycles. The van der Waals surface area contributed by atoms with E-state index in [4.69, 9.17) is 9.47 Å². The summed E-state index contributed by atoms with van der Waals surface area (Å²) >= 11 is 0. The van der Waals surface area contributed by atoms with Gasteiger partial charge in [-0.2, -0.15) is 5.10 Å². The van der Waals surface area contributed by atoms with E-state index in [0.717, 1.165) is 39.8 Å². The first-order chi connectivity index (χ1) is 14.3. The Labute approximate surface area is 167 Å². The van der Waals surface area contributed by atoms with Crippen molar-refractivity contribution in [2.24, 2.45) is 0 Å². The molecule has 29 heavy (non-hydrogen) atoms. The third-order valence-corrected chi connectivity index (χ3v) is 4.53. The van der Waals surface area contributed by atoms with Crippen molar-refractivity contribution in [1.29, 1.82) is 0 Å². The molecule has 1 N–H and O–H groups in total. The molecule has 142 valence electrons. The van der Waals surface area contributed by atoms with Crippen molar-refractivity contribution >= 4 is 5.65 Å². The number of nitrogens with one attached hydrogen (secondary N) is 1. The first-order valence-electron chi connectivity index (χ1n) is 9.27. The number of pyridine rings is 1. The lowest BCUT2D eigenvalue weighted by Gasteiger charge is -2.08. The summed E-state index contributed by atoms with van der Waals surface area (Å²) in [6.45, 7) is 0.414. The van der Waals surface area contributed by atoms with Crippen LogP contribution in [-0.4, -0.2) is 19.6 Å². The standard InChI is InChI=1S/C23H18N4O2/c1-2-14-27-15-18(25-23(27)3-1)16-28-19-8-10-21(11-9-19)29-20-6-4-17(5-7-20)22-12-13-24-26-22/h1-15H,16H2,(H,24,26). The molecule has 5 rings (SSSR count). The first kappa shape index (κ1) is 17.1. The molecule has 5 aromatic rings. The summed E-state index contributed by atoms with van der Waals surface area (Å²) in [5, 5.41) is 6.92. The number of ether oxygens (including phenoxy) is 2. The lowest BCUT2D eigenvalue weighted by atomic mass is 10.1. The number of nitrogens with zero attached hydrogens (tertiary/aromatic N) is 3. The predicted molar refractivity (Wildman–Crippen MR) is 110 cm³/mol. The molecule has 0 atom stereocenters. The second kappa shape index (κ2) is 7.52. The molecule has 0 radical (unpaired) electrons. The first-order valence-corrected chi connectivity index (χ1v) is 9.27. The van der Waals surface area contributed by atoms with Gasteiger partial charge in [0.25, 0.3) is 0 Å². The van der Waals surface area contributed by atoms with Crippen molar-refractivity contribution in [3.05, 3.63) is 97.1 Å². The molecule has 0 bridgehead atoms. The summed E-state index contributed by atoms with van der Waals surface area (Å²) in [4.78, 5) is 4.53. The number of imidazole rings is 1. The summed E-state index contributed by atoms with van der Waals surface area (Å²) in [6, 6.07) is 23.3. The van der Waals surface area contributed by atoms with Crippen molar-refractivity contribution in [2.45, 2.75) is 6.61 Å². The molecule has 0 unspecified atom stereocenters. The van der Waals surface area contributed by atoms with E-state index < -0.39 is 0 Å². The fraction of sp³-hybridized carbons (Fsp3) is 0.0435. The minimum atomic E-state index is 0.414. The van der Waals surface area contributed by atoms with Crippen molar-refractivity contribution < 1.29 is 9.47 Å². The van der Waals surface area contributed by atoms with Crippen LogP contribution in [0.4, 0.5) is 0 Å². The second-order valence-electron chi connectivity index (χ2n) is 6.56. The molecule has 3 heterocycles. The fourth-order valence-corrected chi connectivity index (χ4v) is 3.07. The number of rotatable bonds is 6. The minimum absolute atomic E-state index is 0.414. The quantitative estimate of drug-likeness (QED) is 0.444. The van der Waals surface area contributed by atoms with Gasteiger partial charge in [0.2, 0.25) is 0 Å². The van der Waals surface area contributed by atoms with Crippen molar-refractivity contribution in [1.82, 2.24) is 19.6 Å². The Kier molecular flexibility index (Phi) is 4.42. The lowest BCUT2D eigenvalue weighted by Crippen LogP contribution is -1.95. The van der Waals surface area contributed by atoms with E-state index in [-0.39, 0.29) is 0 Å². The maximum atomic E-state index is 5.91. The molecule has 0 aliphatic carbocycles. The van der Waals surface area contributed by atoms with Gasteiger partial charge in [0, 0.05) is 18.6 Å². The highest BCUT2D eigenvalue weighted by molar-refractivity contribution is 5.59. The molecule has 0 amide bonds. The average Bonchev–Trinajstić information content (AvgIpc) is 3.44. The number of hydrogen-bond acceptors (Lipinski definition) is 4. The molecule has 2 aromatic carbocycles. The van der Waals surface area contributed by atoms with Gasteiger partial charge in [0.1, 0.15) is 29.5 Å². The van der Waals surface area contributed by atoms with Gasteiger partial charge >= 0.3 is 0 Å². The number of aromatic nitrogens is 4. The van der Waals surface area contributed by atoms with E-state index in [9.17, 15) is 0 Å². The van der Waals surface area contributed by atoms with Gasteiger partial charge in [-0.1, -0.05) is 6.07 Å². The van der Waals surface area contributed by atoms with Gasteiger partial charge in [-0.25, -0.2) is 4.98 Å². The number of hydrogen-bond donors (Lipinski definition) is 1. The number of H-pyrrole nitrogens is 1. The minimum Gasteiger partial charge on any atom is -0.487 e. The Morgan fingerprint density at radius 1 is 0.828 bits per heavy atom. The highest BCUT2D eigenvalue weighted by Crippen LogP contribution is 2.26. The van der Waals surface area contributed by atoms with Gasteiger partial charge in [-0.3, -0.25) is 5.10 Å². The normalized spacial score (nSPS) is 10.9. The second-order valence-corrected chi connectivity index (χ2v) is 6.56. The largest absolute Gasteiger partial charge is 0.487 e. The van der Waals surface area contributed by atoms with Gasteiger partial charge in [-0.15, -0.1) is 0 Å². The van der Waals surface area contributed by atoms with Crippen LogP contribution in [0.25, 0.3) is 16.9 Å². The van der Waals surface area contributed by atoms with E-state index in [1.807, 2.05) is 89.6 Å². The number of benzene rings is 2. The maximum absolute atomic E-state index is 5.91. The van der Waals surface area contributed by atoms with Crippen LogP contribution < -0.4 is 9.47 Å². The van der Waals surface area contributed by atoms with Crippen molar-refractivity contribution in [3.63, 3.8) is 0 Å². The van der Waals surface area contributed by atoms with E-state index in [1.54, 1.807) is 6.20 Å². The van der Waals surface area contributed by atoms with Crippen LogP contribution in [0.15, 0.2) is 91.4 Å². The highest BCUT2D eigenvalue weighted by atomic mass is 16.5. The zero-order chi connectivity index (χ0) is 19.5. The molecular weight excluding hydrogens is 364 g/mol. The van der Waals surface area contributed by atoms with Gasteiger partial charge in [0.15, 0.2) is 0 Å². The Morgan fingerprint density at radius 3 is 2.31 bits per heavy atom. The molecule has 0 aliphatic rings. The zero-order valence-electron chi connectivity index (χ0n) is 15.5. The zero-order valence-corrected chi connectivity index (χ0v) is 15.5. The van der Waals surface area contributed by atoms with E-state index >= 15 is 0 Å². The van der Waals surface area contributed by atoms with Crippen LogP contribution >= 0.6 is 0 Å². The lowest BCUT2D eigenvalue weighted by molar-refractivity contribution is 0.301. The number of fused-ring (bicyclic) bond motifs is 1. The third-order valence-electron chi connectivity index (χ3n) is 4.53. The Hall–Kier alpha value is -4.06. The van der Waals surface area contributed by atoms with Crippen LogP contribution in [0, 0.1) is 0 Å². The smallest absolute Gasteiger partial charge is 0.137 e. The molecule has 0 spiro atoms. The van der Waals surface area contributed by atoms with Crippen LogP contribution in [0.1, 0.15) is 5.69 Å². The van der Waals surface area contributed by atoms with Crippen molar-refractivity contribution in [2.75, 3.05) is 0 Å². The highest BCUT2D eigenvalue weighted by Gasteiger charge is 2.04. The van der Waals surface area contributed by atoms with Crippen LogP contribution in [0.3, 0.4) is 0 Å². The monoisotopic (exact) mass is 382 g/mol. The summed E-state index contributed by atoms with van der Waals surface area (Å²) in [5.74, 6) is 2.29. The van der Waals surface area contributed by atoms with Crippen LogP contribution in [-0.2, 0) is 6.61 Å². The molecule has 3 aromatic heterocycles. The predicted octanol–water partition coefficient (Wildman–Crippen LogP) is 5.10. The molecule has 6 nitrogen and oxygen atoms in total. The third kappa shape index (κ3) is 3.82. The Balaban J connectivity index is 1.21. The van der Waals surface area contributed by atoms with Gasteiger partial charge in [-0.05, 0) is 72.3 Å². The maximum Gasteiger partial charge on any atom is 0.137 e. The van der Waals surface area contributed by atoms with Crippen molar-refractivity contribution in [3.8, 4) is 28.5 Å². The SMILES string of the molecule is c1ccn2cc(COc3ccc(Oc4ccc(-c5ccn[nH]5)cc4)cc3)nc2c1. The van der Waals surface area contributed by atoms with E-state index in [2.05, 4.69) is 15.2 Å². The van der Waals surface area contributed by atoms with Crippen LogP contribution in [0.5, 0.6) is 17.2 Å². The van der Waals surface area contributed by atoms with E-state index in [1.165, 1.54) is 0 Å². The Morgan fingerprint density at radius 2 is 1.59 bits per heavy atom. The Bertz CT molecular complexity index is 1180. The summed E-state index contributed by atoms with van der Waals surface area (Å²) in [6.07, 6.45) is 5.68. The van der Waals surface area contributed by atoms with Gasteiger partial charge in [0.05, 0.1) is 11.4 Å². The summed E-state index contributed by atoms with van der Waals surface area (Å²) < 4.78 is 13.7. The number of aromatic amines is 1. The summed E-state index contributed by atoms with van der Waals surface area (Å²) in [5.41, 5.74) is 3.83. The molecule has 0 saturated heterocycles. The molecule has 0 aliphatic heterocycles.